The van der Waals surface area contributed by atoms with Gasteiger partial charge in [-0.1, -0.05) is 19.8 Å². The number of anilines is 2. The monoisotopic (exact) mass is 283 g/mol. The lowest BCUT2D eigenvalue weighted by molar-refractivity contribution is 0.318. The molecule has 1 aromatic heterocycles. The second-order valence-electron chi connectivity index (χ2n) is 5.55. The summed E-state index contributed by atoms with van der Waals surface area (Å²) in [5.41, 5.74) is 0. The zero-order valence-corrected chi connectivity index (χ0v) is 12.2. The highest BCUT2D eigenvalue weighted by Crippen LogP contribution is 2.30. The molecule has 0 spiro atoms. The largest absolute Gasteiger partial charge is 0.371 e. The van der Waals surface area contributed by atoms with Crippen molar-refractivity contribution in [1.29, 1.82) is 0 Å². The number of nitrogens with zero attached hydrogens (tertiary/aromatic N) is 1. The molecular formula is C15H23F2N3. The number of pyridine rings is 1. The topological polar surface area (TPSA) is 37.0 Å². The van der Waals surface area contributed by atoms with Crippen LogP contribution in [-0.4, -0.2) is 18.1 Å². The Bertz CT molecular complexity index is 443. The predicted octanol–water partition coefficient (Wildman–Crippen LogP) is 4.17. The molecule has 1 aliphatic rings. The third-order valence-corrected chi connectivity index (χ3v) is 4.05. The summed E-state index contributed by atoms with van der Waals surface area (Å²) in [4.78, 5) is 3.97. The summed E-state index contributed by atoms with van der Waals surface area (Å²) < 4.78 is 27.1. The van der Waals surface area contributed by atoms with Crippen LogP contribution in [0.4, 0.5) is 20.4 Å². The Hall–Kier alpha value is -1.39. The average molecular weight is 283 g/mol. The summed E-state index contributed by atoms with van der Waals surface area (Å²) >= 11 is 0. The van der Waals surface area contributed by atoms with Gasteiger partial charge in [-0.25, -0.2) is 13.8 Å². The molecule has 1 fully saturated rings. The molecule has 3 nitrogen and oxygen atoms in total. The fraction of sp³-hybridized carbons (Fsp3) is 0.667. The van der Waals surface area contributed by atoms with E-state index < -0.39 is 11.6 Å². The van der Waals surface area contributed by atoms with Crippen LogP contribution in [0.15, 0.2) is 6.07 Å². The van der Waals surface area contributed by atoms with Gasteiger partial charge in [0.05, 0.1) is 0 Å². The van der Waals surface area contributed by atoms with E-state index >= 15 is 0 Å². The van der Waals surface area contributed by atoms with Gasteiger partial charge in [0.1, 0.15) is 0 Å². The lowest BCUT2D eigenvalue weighted by Crippen LogP contribution is -2.27. The van der Waals surface area contributed by atoms with Gasteiger partial charge in [0.25, 0.3) is 0 Å². The van der Waals surface area contributed by atoms with Crippen LogP contribution in [0.3, 0.4) is 0 Å². The van der Waals surface area contributed by atoms with E-state index in [1.165, 1.54) is 25.7 Å². The molecule has 0 amide bonds. The molecule has 1 saturated carbocycles. The van der Waals surface area contributed by atoms with Crippen LogP contribution in [0.5, 0.6) is 0 Å². The fourth-order valence-corrected chi connectivity index (χ4v) is 2.94. The molecule has 2 rings (SSSR count). The summed E-state index contributed by atoms with van der Waals surface area (Å²) in [5, 5.41) is 5.75. The first-order valence-corrected chi connectivity index (χ1v) is 7.44. The van der Waals surface area contributed by atoms with E-state index in [1.807, 2.05) is 0 Å². The maximum atomic E-state index is 13.7. The molecule has 1 heterocycles. The molecule has 0 bridgehead atoms. The van der Waals surface area contributed by atoms with Gasteiger partial charge in [-0.15, -0.1) is 0 Å². The Morgan fingerprint density at radius 2 is 1.80 bits per heavy atom. The molecule has 0 radical (unpaired) electrons. The van der Waals surface area contributed by atoms with Crippen molar-refractivity contribution in [2.24, 2.45) is 5.92 Å². The van der Waals surface area contributed by atoms with E-state index in [0.717, 1.165) is 24.8 Å². The Kier molecular flexibility index (Phi) is 5.15. The molecule has 112 valence electrons. The molecule has 1 aliphatic carbocycles. The van der Waals surface area contributed by atoms with Crippen LogP contribution >= 0.6 is 0 Å². The number of hydrogen-bond acceptors (Lipinski definition) is 3. The van der Waals surface area contributed by atoms with Gasteiger partial charge in [-0.2, -0.15) is 0 Å². The number of nitrogens with one attached hydrogen (secondary N) is 2. The minimum absolute atomic E-state index is 0.0774. The summed E-state index contributed by atoms with van der Waals surface area (Å²) in [7, 11) is 1.57. The number of aromatic nitrogens is 1. The van der Waals surface area contributed by atoms with Crippen molar-refractivity contribution in [2.75, 3.05) is 17.7 Å². The van der Waals surface area contributed by atoms with Gasteiger partial charge < -0.3 is 10.6 Å². The van der Waals surface area contributed by atoms with Gasteiger partial charge in [0, 0.05) is 19.2 Å². The van der Waals surface area contributed by atoms with Crippen LogP contribution in [0.1, 0.15) is 45.4 Å². The van der Waals surface area contributed by atoms with Crippen molar-refractivity contribution in [3.8, 4) is 0 Å². The Balaban J connectivity index is 1.97. The third kappa shape index (κ3) is 3.58. The standard InChI is InChI=1S/C15H23F2N3/c1-3-4-10-5-7-11(8-6-10)19-15-13(17)9-12(16)14(18-2)20-15/h9-11H,3-8H2,1-2H3,(H2,18,19,20). The average Bonchev–Trinajstić information content (AvgIpc) is 2.44. The summed E-state index contributed by atoms with van der Waals surface area (Å²) in [6.45, 7) is 2.21. The van der Waals surface area contributed by atoms with Crippen LogP contribution < -0.4 is 10.6 Å². The number of halogens is 2. The normalized spacial score (nSPS) is 22.6. The van der Waals surface area contributed by atoms with Gasteiger partial charge >= 0.3 is 0 Å². The smallest absolute Gasteiger partial charge is 0.168 e. The maximum Gasteiger partial charge on any atom is 0.168 e. The molecule has 2 N–H and O–H groups in total. The van der Waals surface area contributed by atoms with E-state index in [9.17, 15) is 8.78 Å². The number of rotatable bonds is 5. The van der Waals surface area contributed by atoms with Gasteiger partial charge in [-0.3, -0.25) is 0 Å². The van der Waals surface area contributed by atoms with Crippen molar-refractivity contribution in [1.82, 2.24) is 4.98 Å². The molecule has 20 heavy (non-hydrogen) atoms. The number of hydrogen-bond donors (Lipinski definition) is 2. The summed E-state index contributed by atoms with van der Waals surface area (Å²) in [6, 6.07) is 1.12. The van der Waals surface area contributed by atoms with Crippen LogP contribution in [0.25, 0.3) is 0 Å². The molecule has 0 saturated heterocycles. The third-order valence-electron chi connectivity index (χ3n) is 4.05. The lowest BCUT2D eigenvalue weighted by atomic mass is 9.83. The Morgan fingerprint density at radius 1 is 1.15 bits per heavy atom. The van der Waals surface area contributed by atoms with Crippen molar-refractivity contribution in [3.63, 3.8) is 0 Å². The van der Waals surface area contributed by atoms with Gasteiger partial charge in [0.15, 0.2) is 23.3 Å². The quantitative estimate of drug-likeness (QED) is 0.851. The van der Waals surface area contributed by atoms with Crippen LogP contribution in [0, 0.1) is 17.6 Å². The highest BCUT2D eigenvalue weighted by Gasteiger charge is 2.22. The van der Waals surface area contributed by atoms with Crippen LogP contribution in [0.2, 0.25) is 0 Å². The zero-order valence-electron chi connectivity index (χ0n) is 12.2. The molecule has 0 unspecified atom stereocenters. The van der Waals surface area contributed by atoms with Crippen molar-refractivity contribution >= 4 is 11.6 Å². The highest BCUT2D eigenvalue weighted by molar-refractivity contribution is 5.47. The molecular weight excluding hydrogens is 260 g/mol. The second kappa shape index (κ2) is 6.86. The fourth-order valence-electron chi connectivity index (χ4n) is 2.94. The molecule has 0 aliphatic heterocycles. The van der Waals surface area contributed by atoms with E-state index in [0.29, 0.717) is 0 Å². The van der Waals surface area contributed by atoms with E-state index in [4.69, 9.17) is 0 Å². The Labute approximate surface area is 119 Å². The minimum atomic E-state index is -0.665. The van der Waals surface area contributed by atoms with Gasteiger partial charge in [0.2, 0.25) is 0 Å². The molecule has 0 aromatic carbocycles. The first kappa shape index (κ1) is 15.0. The van der Waals surface area contributed by atoms with E-state index in [1.54, 1.807) is 7.05 Å². The van der Waals surface area contributed by atoms with Crippen molar-refractivity contribution < 1.29 is 8.78 Å². The van der Waals surface area contributed by atoms with Crippen molar-refractivity contribution in [3.05, 3.63) is 17.7 Å². The lowest BCUT2D eigenvalue weighted by Gasteiger charge is -2.29. The summed E-state index contributed by atoms with van der Waals surface area (Å²) in [6.07, 6.45) is 6.90. The first-order valence-electron chi connectivity index (χ1n) is 7.44. The Morgan fingerprint density at radius 3 is 2.40 bits per heavy atom. The van der Waals surface area contributed by atoms with E-state index in [2.05, 4.69) is 22.5 Å². The van der Waals surface area contributed by atoms with Crippen LogP contribution in [-0.2, 0) is 0 Å². The van der Waals surface area contributed by atoms with Gasteiger partial charge in [-0.05, 0) is 31.6 Å². The molecule has 0 atom stereocenters. The minimum Gasteiger partial charge on any atom is -0.371 e. The predicted molar refractivity (Wildman–Crippen MR) is 78.0 cm³/mol. The second-order valence-corrected chi connectivity index (χ2v) is 5.55. The zero-order chi connectivity index (χ0) is 14.5. The van der Waals surface area contributed by atoms with E-state index in [-0.39, 0.29) is 17.7 Å². The molecule has 5 heteroatoms. The maximum absolute atomic E-state index is 13.7. The van der Waals surface area contributed by atoms with Crippen molar-refractivity contribution in [2.45, 2.75) is 51.5 Å². The molecule has 1 aromatic rings. The highest BCUT2D eigenvalue weighted by atomic mass is 19.1. The SMILES string of the molecule is CCCC1CCC(Nc2nc(NC)c(F)cc2F)CC1. The summed E-state index contributed by atoms with van der Waals surface area (Å²) in [5.74, 6) is -0.264. The first-order chi connectivity index (χ1) is 9.63.